The van der Waals surface area contributed by atoms with Crippen LogP contribution in [0.25, 0.3) is 0 Å². The smallest absolute Gasteiger partial charge is 0.352 e. The van der Waals surface area contributed by atoms with Gasteiger partial charge in [0, 0.05) is 19.8 Å². The Labute approximate surface area is 119 Å². The highest BCUT2D eigenvalue weighted by Gasteiger charge is 2.49. The second-order valence-electron chi connectivity index (χ2n) is 6.19. The average Bonchev–Trinajstić information content (AvgIpc) is 2.36. The highest BCUT2D eigenvalue weighted by atomic mass is 28.4. The van der Waals surface area contributed by atoms with Gasteiger partial charge in [-0.3, -0.25) is 4.90 Å². The number of rotatable bonds is 7. The molecule has 0 aromatic carbocycles. The third-order valence-corrected chi connectivity index (χ3v) is 8.40. The van der Waals surface area contributed by atoms with Crippen LogP contribution in [0.1, 0.15) is 52.4 Å². The highest BCUT2D eigenvalue weighted by molar-refractivity contribution is 6.68. The van der Waals surface area contributed by atoms with Gasteiger partial charge in [-0.2, -0.15) is 0 Å². The Hall–Kier alpha value is 0.0969. The van der Waals surface area contributed by atoms with Gasteiger partial charge in [0.25, 0.3) is 0 Å². The molecule has 2 fully saturated rings. The van der Waals surface area contributed by atoms with Gasteiger partial charge >= 0.3 is 8.56 Å². The van der Waals surface area contributed by atoms with E-state index < -0.39 is 8.56 Å². The molecule has 0 radical (unpaired) electrons. The summed E-state index contributed by atoms with van der Waals surface area (Å²) in [5.74, 6) is 0.929. The summed E-state index contributed by atoms with van der Waals surface area (Å²) in [5.41, 5.74) is 0.592. The standard InChI is InChI=1S/C15H31NO2Si/c1-4-17-19(3,18-5-2)15-11-12-16(15)13-14-9-7-6-8-10-14/h14-15H,4-13H2,1-3H3. The average molecular weight is 286 g/mol. The Morgan fingerprint density at radius 3 is 2.11 bits per heavy atom. The molecule has 1 saturated carbocycles. The van der Waals surface area contributed by atoms with Gasteiger partial charge in [-0.1, -0.05) is 19.3 Å². The van der Waals surface area contributed by atoms with Gasteiger partial charge in [0.05, 0.1) is 5.67 Å². The first-order chi connectivity index (χ1) is 9.19. The molecule has 0 N–H and O–H groups in total. The van der Waals surface area contributed by atoms with E-state index >= 15 is 0 Å². The molecule has 0 aromatic heterocycles. The normalized spacial score (nSPS) is 26.4. The van der Waals surface area contributed by atoms with Crippen LogP contribution in [0.5, 0.6) is 0 Å². The molecule has 4 heteroatoms. The predicted molar refractivity (Wildman–Crippen MR) is 81.4 cm³/mol. The van der Waals surface area contributed by atoms with E-state index in [1.54, 1.807) is 0 Å². The van der Waals surface area contributed by atoms with Crippen molar-refractivity contribution in [3.63, 3.8) is 0 Å². The largest absolute Gasteiger partial charge is 0.394 e. The molecule has 2 aliphatic rings. The van der Waals surface area contributed by atoms with Crippen molar-refractivity contribution >= 4 is 8.56 Å². The quantitative estimate of drug-likeness (QED) is 0.670. The van der Waals surface area contributed by atoms with Crippen molar-refractivity contribution in [2.45, 2.75) is 64.6 Å². The molecule has 1 heterocycles. The molecule has 1 unspecified atom stereocenters. The van der Waals surface area contributed by atoms with Crippen LogP contribution in [-0.4, -0.2) is 45.4 Å². The van der Waals surface area contributed by atoms with Crippen molar-refractivity contribution in [2.75, 3.05) is 26.3 Å². The number of likely N-dealkylation sites (tertiary alicyclic amines) is 1. The SMILES string of the molecule is CCO[Si](C)(OCC)C1CCN1CC1CCCCC1. The molecule has 1 aliphatic carbocycles. The third-order valence-electron chi connectivity index (χ3n) is 4.82. The topological polar surface area (TPSA) is 21.7 Å². The maximum atomic E-state index is 6.07. The summed E-state index contributed by atoms with van der Waals surface area (Å²) in [6, 6.07) is 0. The van der Waals surface area contributed by atoms with Gasteiger partial charge in [-0.25, -0.2) is 0 Å². The van der Waals surface area contributed by atoms with Crippen LogP contribution in [0.2, 0.25) is 6.55 Å². The van der Waals surface area contributed by atoms with E-state index in [9.17, 15) is 0 Å². The minimum atomic E-state index is -1.99. The van der Waals surface area contributed by atoms with E-state index in [2.05, 4.69) is 25.3 Å². The van der Waals surface area contributed by atoms with E-state index in [0.717, 1.165) is 19.1 Å². The Morgan fingerprint density at radius 2 is 1.63 bits per heavy atom. The number of hydrogen-bond acceptors (Lipinski definition) is 3. The van der Waals surface area contributed by atoms with Crippen LogP contribution in [0.3, 0.4) is 0 Å². The number of nitrogens with zero attached hydrogens (tertiary/aromatic N) is 1. The fourth-order valence-corrected chi connectivity index (χ4v) is 6.93. The molecule has 2 rings (SSSR count). The Morgan fingerprint density at radius 1 is 1.00 bits per heavy atom. The van der Waals surface area contributed by atoms with Crippen molar-refractivity contribution in [1.82, 2.24) is 4.90 Å². The lowest BCUT2D eigenvalue weighted by Gasteiger charge is -2.49. The summed E-state index contributed by atoms with van der Waals surface area (Å²) in [5, 5.41) is 0. The fraction of sp³-hybridized carbons (Fsp3) is 1.00. The van der Waals surface area contributed by atoms with Gasteiger partial charge in [-0.05, 0) is 52.1 Å². The zero-order valence-electron chi connectivity index (χ0n) is 13.0. The summed E-state index contributed by atoms with van der Waals surface area (Å²) in [4.78, 5) is 2.66. The molecule has 0 bridgehead atoms. The summed E-state index contributed by atoms with van der Waals surface area (Å²) in [6.45, 7) is 10.6. The molecule has 1 aliphatic heterocycles. The molecular formula is C15H31NO2Si. The van der Waals surface area contributed by atoms with Crippen LogP contribution in [0, 0.1) is 5.92 Å². The second kappa shape index (κ2) is 7.20. The first kappa shape index (κ1) is 15.5. The second-order valence-corrected chi connectivity index (χ2v) is 9.46. The van der Waals surface area contributed by atoms with Crippen LogP contribution in [0.15, 0.2) is 0 Å². The zero-order chi connectivity index (χ0) is 13.7. The highest BCUT2D eigenvalue weighted by Crippen LogP contribution is 2.32. The summed E-state index contributed by atoms with van der Waals surface area (Å²) in [7, 11) is -1.99. The predicted octanol–water partition coefficient (Wildman–Crippen LogP) is 3.33. The summed E-state index contributed by atoms with van der Waals surface area (Å²) >= 11 is 0. The number of hydrogen-bond donors (Lipinski definition) is 0. The summed E-state index contributed by atoms with van der Waals surface area (Å²) < 4.78 is 12.1. The van der Waals surface area contributed by atoms with Crippen molar-refractivity contribution in [1.29, 1.82) is 0 Å². The molecule has 1 atom stereocenters. The third kappa shape index (κ3) is 3.81. The lowest BCUT2D eigenvalue weighted by atomic mass is 9.88. The van der Waals surface area contributed by atoms with E-state index in [0.29, 0.717) is 5.67 Å². The van der Waals surface area contributed by atoms with E-state index in [4.69, 9.17) is 8.85 Å². The van der Waals surface area contributed by atoms with Crippen molar-refractivity contribution in [2.24, 2.45) is 5.92 Å². The van der Waals surface area contributed by atoms with Crippen LogP contribution >= 0.6 is 0 Å². The maximum absolute atomic E-state index is 6.07. The minimum absolute atomic E-state index is 0.592. The zero-order valence-corrected chi connectivity index (χ0v) is 14.0. The van der Waals surface area contributed by atoms with Gasteiger partial charge < -0.3 is 8.85 Å². The van der Waals surface area contributed by atoms with Crippen molar-refractivity contribution < 1.29 is 8.85 Å². The van der Waals surface area contributed by atoms with Crippen molar-refractivity contribution in [3.8, 4) is 0 Å². The molecular weight excluding hydrogens is 254 g/mol. The molecule has 19 heavy (non-hydrogen) atoms. The van der Waals surface area contributed by atoms with Gasteiger partial charge in [0.15, 0.2) is 0 Å². The van der Waals surface area contributed by atoms with Gasteiger partial charge in [0.1, 0.15) is 0 Å². The monoisotopic (exact) mass is 285 g/mol. The molecule has 3 nitrogen and oxygen atoms in total. The Kier molecular flexibility index (Phi) is 5.87. The first-order valence-electron chi connectivity index (χ1n) is 8.21. The first-order valence-corrected chi connectivity index (χ1v) is 10.6. The molecule has 1 saturated heterocycles. The lowest BCUT2D eigenvalue weighted by Crippen LogP contribution is -2.66. The lowest BCUT2D eigenvalue weighted by molar-refractivity contribution is 0.0566. The molecule has 0 amide bonds. The van der Waals surface area contributed by atoms with Crippen LogP contribution < -0.4 is 0 Å². The molecule has 112 valence electrons. The van der Waals surface area contributed by atoms with E-state index in [1.165, 1.54) is 51.6 Å². The van der Waals surface area contributed by atoms with Crippen LogP contribution in [0.4, 0.5) is 0 Å². The summed E-state index contributed by atoms with van der Waals surface area (Å²) in [6.07, 6.45) is 8.47. The molecule has 0 aromatic rings. The van der Waals surface area contributed by atoms with Gasteiger partial charge in [0.2, 0.25) is 0 Å². The van der Waals surface area contributed by atoms with E-state index in [-0.39, 0.29) is 0 Å². The van der Waals surface area contributed by atoms with Crippen molar-refractivity contribution in [3.05, 3.63) is 0 Å². The minimum Gasteiger partial charge on any atom is -0.394 e. The Balaban J connectivity index is 1.88. The molecule has 0 spiro atoms. The van der Waals surface area contributed by atoms with Gasteiger partial charge in [-0.15, -0.1) is 0 Å². The van der Waals surface area contributed by atoms with E-state index in [1.807, 2.05) is 0 Å². The fourth-order valence-electron chi connectivity index (χ4n) is 3.76. The van der Waals surface area contributed by atoms with Crippen LogP contribution in [-0.2, 0) is 8.85 Å². The maximum Gasteiger partial charge on any atom is 0.352 e. The Bertz CT molecular complexity index is 263.